The molecule has 0 radical (unpaired) electrons. The van der Waals surface area contributed by atoms with E-state index in [0.717, 1.165) is 23.1 Å². The minimum Gasteiger partial charge on any atom is -0.317 e. The van der Waals surface area contributed by atoms with Crippen LogP contribution in [0.25, 0.3) is 12.2 Å². The van der Waals surface area contributed by atoms with Gasteiger partial charge in [0.1, 0.15) is 0 Å². The monoisotopic (exact) mass is 493 g/mol. The van der Waals surface area contributed by atoms with E-state index in [1.165, 1.54) is 0 Å². The quantitative estimate of drug-likeness (QED) is 0.366. The van der Waals surface area contributed by atoms with E-state index < -0.39 is 16.2 Å². The highest BCUT2D eigenvalue weighted by molar-refractivity contribution is 7.86. The first kappa shape index (κ1) is 28.1. The molecule has 186 valence electrons. The molecule has 2 aromatic heterocycles. The first-order chi connectivity index (χ1) is 16.8. The van der Waals surface area contributed by atoms with Crippen LogP contribution in [0.4, 0.5) is 0 Å². The molecule has 0 saturated heterocycles. The summed E-state index contributed by atoms with van der Waals surface area (Å²) in [4.78, 5) is 8.23. The highest BCUT2D eigenvalue weighted by Crippen LogP contribution is 2.16. The lowest BCUT2D eigenvalue weighted by atomic mass is 10.2. The molecule has 0 amide bonds. The van der Waals surface area contributed by atoms with Crippen molar-refractivity contribution in [2.75, 3.05) is 7.05 Å². The summed E-state index contributed by atoms with van der Waals surface area (Å²) >= 11 is 0. The van der Waals surface area contributed by atoms with Crippen molar-refractivity contribution in [1.82, 2.24) is 15.3 Å². The Balaban J connectivity index is 0.000000283. The SMILES string of the molecule is CNC(C)C/C=C/c1cccnc1.Cc1ccc(S(=O)(=O)OC(C)C/C=C/c2cccnc2)cc1. The number of pyridine rings is 2. The van der Waals surface area contributed by atoms with Gasteiger partial charge in [0.2, 0.25) is 0 Å². The maximum absolute atomic E-state index is 12.1. The van der Waals surface area contributed by atoms with Gasteiger partial charge >= 0.3 is 0 Å². The van der Waals surface area contributed by atoms with E-state index in [9.17, 15) is 8.42 Å². The van der Waals surface area contributed by atoms with Crippen LogP contribution in [0.2, 0.25) is 0 Å². The van der Waals surface area contributed by atoms with Crippen LogP contribution in [0, 0.1) is 6.92 Å². The fourth-order valence-corrected chi connectivity index (χ4v) is 3.98. The molecule has 0 aliphatic rings. The maximum atomic E-state index is 12.1. The van der Waals surface area contributed by atoms with Crippen molar-refractivity contribution < 1.29 is 12.6 Å². The van der Waals surface area contributed by atoms with E-state index in [0.29, 0.717) is 12.5 Å². The summed E-state index contributed by atoms with van der Waals surface area (Å²) in [6, 6.07) is 14.9. The predicted octanol–water partition coefficient (Wildman–Crippen LogP) is 5.68. The molecule has 6 nitrogen and oxygen atoms in total. The Morgan fingerprint density at radius 1 is 0.886 bits per heavy atom. The van der Waals surface area contributed by atoms with Gasteiger partial charge in [0.25, 0.3) is 10.1 Å². The van der Waals surface area contributed by atoms with E-state index >= 15 is 0 Å². The highest BCUT2D eigenvalue weighted by atomic mass is 32.2. The largest absolute Gasteiger partial charge is 0.317 e. The molecule has 0 bridgehead atoms. The molecule has 1 aromatic carbocycles. The molecular weight excluding hydrogens is 458 g/mol. The molecule has 2 atom stereocenters. The Labute approximate surface area is 209 Å². The van der Waals surface area contributed by atoms with Gasteiger partial charge in [0, 0.05) is 30.8 Å². The fraction of sp³-hybridized carbons (Fsp3) is 0.286. The lowest BCUT2D eigenvalue weighted by molar-refractivity contribution is 0.232. The minimum absolute atomic E-state index is 0.182. The number of benzene rings is 1. The lowest BCUT2D eigenvalue weighted by Crippen LogP contribution is -2.19. The number of nitrogens with zero attached hydrogens (tertiary/aromatic N) is 2. The van der Waals surface area contributed by atoms with Gasteiger partial charge in [-0.2, -0.15) is 8.42 Å². The van der Waals surface area contributed by atoms with Crippen LogP contribution in [0.3, 0.4) is 0 Å². The molecule has 0 saturated carbocycles. The van der Waals surface area contributed by atoms with Gasteiger partial charge in [-0.05, 0) is 76.1 Å². The molecular formula is C28H35N3O3S. The smallest absolute Gasteiger partial charge is 0.297 e. The third-order valence-corrected chi connectivity index (χ3v) is 6.47. The molecule has 0 aliphatic heterocycles. The summed E-state index contributed by atoms with van der Waals surface area (Å²) in [6.45, 7) is 5.80. The predicted molar refractivity (Wildman–Crippen MR) is 143 cm³/mol. The second-order valence-corrected chi connectivity index (χ2v) is 9.78. The van der Waals surface area contributed by atoms with Crippen molar-refractivity contribution in [2.45, 2.75) is 50.7 Å². The molecule has 0 spiro atoms. The summed E-state index contributed by atoms with van der Waals surface area (Å²) in [7, 11) is -1.74. The van der Waals surface area contributed by atoms with Crippen molar-refractivity contribution in [3.05, 3.63) is 102 Å². The van der Waals surface area contributed by atoms with Gasteiger partial charge in [0.15, 0.2) is 0 Å². The maximum Gasteiger partial charge on any atom is 0.297 e. The van der Waals surface area contributed by atoms with Crippen LogP contribution in [-0.4, -0.2) is 37.6 Å². The van der Waals surface area contributed by atoms with E-state index in [4.69, 9.17) is 4.18 Å². The van der Waals surface area contributed by atoms with Gasteiger partial charge in [-0.15, -0.1) is 0 Å². The molecule has 0 aliphatic carbocycles. The molecule has 35 heavy (non-hydrogen) atoms. The van der Waals surface area contributed by atoms with Gasteiger partial charge < -0.3 is 5.32 Å². The number of aryl methyl sites for hydroxylation is 1. The topological polar surface area (TPSA) is 81.2 Å². The summed E-state index contributed by atoms with van der Waals surface area (Å²) in [6.07, 6.45) is 16.2. The Hall–Kier alpha value is -3.13. The van der Waals surface area contributed by atoms with Crippen molar-refractivity contribution in [3.63, 3.8) is 0 Å². The summed E-state index contributed by atoms with van der Waals surface area (Å²) in [5.74, 6) is 0. The van der Waals surface area contributed by atoms with E-state index in [1.54, 1.807) is 49.8 Å². The van der Waals surface area contributed by atoms with E-state index in [-0.39, 0.29) is 4.90 Å². The van der Waals surface area contributed by atoms with E-state index in [2.05, 4.69) is 34.4 Å². The molecule has 2 heterocycles. The van der Waals surface area contributed by atoms with Crippen LogP contribution in [0.1, 0.15) is 43.4 Å². The van der Waals surface area contributed by atoms with Gasteiger partial charge in [-0.1, -0.05) is 54.1 Å². The zero-order valence-electron chi connectivity index (χ0n) is 20.8. The number of hydrogen-bond acceptors (Lipinski definition) is 6. The molecule has 2 unspecified atom stereocenters. The van der Waals surface area contributed by atoms with Crippen LogP contribution in [-0.2, 0) is 14.3 Å². The van der Waals surface area contributed by atoms with Gasteiger partial charge in [-0.3, -0.25) is 14.2 Å². The normalized spacial score (nSPS) is 13.4. The number of hydrogen-bond donors (Lipinski definition) is 1. The first-order valence-corrected chi connectivity index (χ1v) is 13.0. The summed E-state index contributed by atoms with van der Waals surface area (Å²) < 4.78 is 29.5. The minimum atomic E-state index is -3.72. The van der Waals surface area contributed by atoms with Crippen LogP contribution in [0.15, 0.2) is 90.4 Å². The summed E-state index contributed by atoms with van der Waals surface area (Å²) in [5.41, 5.74) is 3.13. The van der Waals surface area contributed by atoms with Crippen molar-refractivity contribution in [3.8, 4) is 0 Å². The third kappa shape index (κ3) is 11.2. The molecule has 7 heteroatoms. The van der Waals surface area contributed by atoms with Crippen LogP contribution in [0.5, 0.6) is 0 Å². The molecule has 3 aromatic rings. The Kier molecular flexibility index (Phi) is 12.0. The zero-order chi connectivity index (χ0) is 25.5. The average molecular weight is 494 g/mol. The Morgan fingerprint density at radius 2 is 1.43 bits per heavy atom. The zero-order valence-corrected chi connectivity index (χ0v) is 21.7. The number of rotatable bonds is 10. The second kappa shape index (κ2) is 15.0. The average Bonchev–Trinajstić information content (AvgIpc) is 2.85. The van der Waals surface area contributed by atoms with Crippen LogP contribution < -0.4 is 5.32 Å². The van der Waals surface area contributed by atoms with E-state index in [1.807, 2.05) is 56.6 Å². The van der Waals surface area contributed by atoms with Crippen LogP contribution >= 0.6 is 0 Å². The number of nitrogens with one attached hydrogen (secondary N) is 1. The lowest BCUT2D eigenvalue weighted by Gasteiger charge is -2.11. The molecule has 0 fully saturated rings. The fourth-order valence-electron chi connectivity index (χ4n) is 2.89. The standard InChI is InChI=1S/C17H19NO3S.C11H16N2/c1-14-8-10-17(11-9-14)22(19,20)21-15(2)5-3-6-16-7-4-12-18-13-16;1-10(12-2)5-3-6-11-7-4-8-13-9-11/h3-4,6-13,15H,5H2,1-2H3;3-4,6-10,12H,5H2,1-2H3/b2*6-3+. The van der Waals surface area contributed by atoms with Gasteiger partial charge in [-0.25, -0.2) is 0 Å². The number of aromatic nitrogens is 2. The third-order valence-electron chi connectivity index (χ3n) is 5.04. The molecule has 1 N–H and O–H groups in total. The van der Waals surface area contributed by atoms with Crippen molar-refractivity contribution >= 4 is 22.3 Å². The highest BCUT2D eigenvalue weighted by Gasteiger charge is 2.18. The Bertz CT molecular complexity index is 1150. The first-order valence-electron chi connectivity index (χ1n) is 11.6. The van der Waals surface area contributed by atoms with Gasteiger partial charge in [0.05, 0.1) is 11.0 Å². The second-order valence-electron chi connectivity index (χ2n) is 8.21. The van der Waals surface area contributed by atoms with Crippen molar-refractivity contribution in [2.24, 2.45) is 0 Å². The Morgan fingerprint density at radius 3 is 1.91 bits per heavy atom. The molecule has 3 rings (SSSR count). The van der Waals surface area contributed by atoms with Crippen molar-refractivity contribution in [1.29, 1.82) is 0 Å². The summed E-state index contributed by atoms with van der Waals surface area (Å²) in [5, 5.41) is 3.18.